The maximum absolute atomic E-state index is 4.39. The van der Waals surface area contributed by atoms with E-state index in [1.54, 1.807) is 0 Å². The Morgan fingerprint density at radius 1 is 1.60 bits per heavy atom. The lowest BCUT2D eigenvalue weighted by Crippen LogP contribution is -2.19. The third-order valence-corrected chi connectivity index (χ3v) is 3.49. The Balaban J connectivity index is 1.78. The lowest BCUT2D eigenvalue weighted by atomic mass is 10.5. The molecule has 3 nitrogen and oxygen atoms in total. The molecular weight excluding hydrogens is 206 g/mol. The van der Waals surface area contributed by atoms with E-state index in [4.69, 9.17) is 0 Å². The summed E-state index contributed by atoms with van der Waals surface area (Å²) in [4.78, 5) is 4.39. The van der Waals surface area contributed by atoms with Crippen LogP contribution in [-0.2, 0) is 13.1 Å². The molecule has 15 heavy (non-hydrogen) atoms. The standard InChI is InChI=1S/C11H19N3S/c1-2-15-8-7-14-6-5-12-11(14)9-13-10-3-4-10/h5-6,10,13H,2-4,7-9H2,1H3. The average Bonchev–Trinajstić information content (AvgIpc) is 2.97. The van der Waals surface area contributed by atoms with Crippen LogP contribution in [0.3, 0.4) is 0 Å². The third-order valence-electron chi connectivity index (χ3n) is 2.61. The van der Waals surface area contributed by atoms with Crippen LogP contribution >= 0.6 is 11.8 Å². The minimum absolute atomic E-state index is 0.764. The van der Waals surface area contributed by atoms with Gasteiger partial charge in [-0.05, 0) is 18.6 Å². The van der Waals surface area contributed by atoms with Gasteiger partial charge in [-0.15, -0.1) is 0 Å². The number of aryl methyl sites for hydroxylation is 1. The molecule has 1 fully saturated rings. The van der Waals surface area contributed by atoms with E-state index >= 15 is 0 Å². The average molecular weight is 225 g/mol. The molecule has 0 radical (unpaired) electrons. The first kappa shape index (κ1) is 11.0. The van der Waals surface area contributed by atoms with E-state index in [9.17, 15) is 0 Å². The zero-order valence-electron chi connectivity index (χ0n) is 9.28. The molecule has 0 saturated heterocycles. The van der Waals surface area contributed by atoms with Crippen LogP contribution in [0.5, 0.6) is 0 Å². The van der Waals surface area contributed by atoms with Gasteiger partial charge < -0.3 is 9.88 Å². The highest BCUT2D eigenvalue weighted by Gasteiger charge is 2.20. The van der Waals surface area contributed by atoms with Crippen molar-refractivity contribution in [2.45, 2.75) is 38.9 Å². The molecule has 0 aliphatic heterocycles. The van der Waals surface area contributed by atoms with Crippen LogP contribution in [0.15, 0.2) is 12.4 Å². The molecule has 1 aromatic rings. The van der Waals surface area contributed by atoms with Crippen molar-refractivity contribution >= 4 is 11.8 Å². The summed E-state index contributed by atoms with van der Waals surface area (Å²) in [6.07, 6.45) is 6.67. The minimum Gasteiger partial charge on any atom is -0.333 e. The van der Waals surface area contributed by atoms with Crippen molar-refractivity contribution in [3.8, 4) is 0 Å². The Morgan fingerprint density at radius 3 is 3.20 bits per heavy atom. The Morgan fingerprint density at radius 2 is 2.47 bits per heavy atom. The largest absolute Gasteiger partial charge is 0.333 e. The predicted molar refractivity (Wildman–Crippen MR) is 65.1 cm³/mol. The highest BCUT2D eigenvalue weighted by atomic mass is 32.2. The zero-order valence-corrected chi connectivity index (χ0v) is 10.1. The fourth-order valence-electron chi connectivity index (χ4n) is 1.54. The number of imidazole rings is 1. The van der Waals surface area contributed by atoms with Gasteiger partial charge in [0.1, 0.15) is 5.82 Å². The van der Waals surface area contributed by atoms with Crippen molar-refractivity contribution in [3.05, 3.63) is 18.2 Å². The lowest BCUT2D eigenvalue weighted by molar-refractivity contribution is 0.612. The fraction of sp³-hybridized carbons (Fsp3) is 0.727. The summed E-state index contributed by atoms with van der Waals surface area (Å²) in [7, 11) is 0. The number of hydrogen-bond acceptors (Lipinski definition) is 3. The van der Waals surface area contributed by atoms with Crippen molar-refractivity contribution in [2.24, 2.45) is 0 Å². The van der Waals surface area contributed by atoms with E-state index < -0.39 is 0 Å². The number of nitrogens with one attached hydrogen (secondary N) is 1. The smallest absolute Gasteiger partial charge is 0.122 e. The number of thioether (sulfide) groups is 1. The summed E-state index contributed by atoms with van der Waals surface area (Å²) >= 11 is 1.98. The Labute approximate surface area is 95.7 Å². The number of aromatic nitrogens is 2. The van der Waals surface area contributed by atoms with Crippen LogP contribution in [0.1, 0.15) is 25.6 Å². The molecule has 2 rings (SSSR count). The lowest BCUT2D eigenvalue weighted by Gasteiger charge is -2.07. The first-order valence-corrected chi connectivity index (χ1v) is 6.86. The van der Waals surface area contributed by atoms with Gasteiger partial charge in [-0.3, -0.25) is 0 Å². The molecule has 84 valence electrons. The van der Waals surface area contributed by atoms with Crippen LogP contribution in [0.25, 0.3) is 0 Å². The number of rotatable bonds is 7. The Hall–Kier alpha value is -0.480. The van der Waals surface area contributed by atoms with Crippen molar-refractivity contribution < 1.29 is 0 Å². The molecule has 1 N–H and O–H groups in total. The van der Waals surface area contributed by atoms with E-state index in [0.29, 0.717) is 0 Å². The van der Waals surface area contributed by atoms with Crippen LogP contribution < -0.4 is 5.32 Å². The molecule has 0 atom stereocenters. The maximum atomic E-state index is 4.39. The SMILES string of the molecule is CCSCCn1ccnc1CNC1CC1. The van der Waals surface area contributed by atoms with E-state index in [2.05, 4.69) is 28.0 Å². The van der Waals surface area contributed by atoms with Crippen molar-refractivity contribution in [1.82, 2.24) is 14.9 Å². The van der Waals surface area contributed by atoms with Crippen LogP contribution in [-0.4, -0.2) is 27.1 Å². The second-order valence-corrected chi connectivity index (χ2v) is 5.28. The van der Waals surface area contributed by atoms with Crippen LogP contribution in [0, 0.1) is 0 Å². The van der Waals surface area contributed by atoms with Gasteiger partial charge in [-0.1, -0.05) is 6.92 Å². The second-order valence-electron chi connectivity index (χ2n) is 3.89. The molecule has 1 heterocycles. The van der Waals surface area contributed by atoms with Gasteiger partial charge in [0.15, 0.2) is 0 Å². The highest BCUT2D eigenvalue weighted by Crippen LogP contribution is 2.19. The zero-order chi connectivity index (χ0) is 10.5. The summed E-state index contributed by atoms with van der Waals surface area (Å²) in [5, 5.41) is 3.50. The van der Waals surface area contributed by atoms with Crippen LogP contribution in [0.2, 0.25) is 0 Å². The molecule has 1 saturated carbocycles. The van der Waals surface area contributed by atoms with Gasteiger partial charge in [0.05, 0.1) is 6.54 Å². The minimum atomic E-state index is 0.764. The van der Waals surface area contributed by atoms with E-state index in [1.807, 2.05) is 18.0 Å². The quantitative estimate of drug-likeness (QED) is 0.719. The molecule has 1 aromatic heterocycles. The monoisotopic (exact) mass is 225 g/mol. The first-order chi connectivity index (χ1) is 7.40. The molecule has 0 aromatic carbocycles. The van der Waals surface area contributed by atoms with Gasteiger partial charge in [0.2, 0.25) is 0 Å². The third kappa shape index (κ3) is 3.54. The number of nitrogens with zero attached hydrogens (tertiary/aromatic N) is 2. The fourth-order valence-corrected chi connectivity index (χ4v) is 2.16. The Bertz CT molecular complexity index is 294. The predicted octanol–water partition coefficient (Wildman–Crippen LogP) is 1.89. The normalized spacial score (nSPS) is 15.8. The molecule has 0 spiro atoms. The Kier molecular flexibility index (Phi) is 4.09. The molecule has 1 aliphatic carbocycles. The molecule has 4 heteroatoms. The van der Waals surface area contributed by atoms with E-state index in [-0.39, 0.29) is 0 Å². The summed E-state index contributed by atoms with van der Waals surface area (Å²) in [6.45, 7) is 4.21. The van der Waals surface area contributed by atoms with Crippen molar-refractivity contribution in [3.63, 3.8) is 0 Å². The molecule has 0 amide bonds. The summed E-state index contributed by atoms with van der Waals surface area (Å²) < 4.78 is 2.26. The van der Waals surface area contributed by atoms with Gasteiger partial charge in [-0.2, -0.15) is 11.8 Å². The van der Waals surface area contributed by atoms with Gasteiger partial charge in [-0.25, -0.2) is 4.98 Å². The summed E-state index contributed by atoms with van der Waals surface area (Å²) in [6, 6.07) is 0.764. The molecule has 0 unspecified atom stereocenters. The van der Waals surface area contributed by atoms with Crippen molar-refractivity contribution in [2.75, 3.05) is 11.5 Å². The van der Waals surface area contributed by atoms with E-state index in [1.165, 1.54) is 30.2 Å². The molecule has 1 aliphatic rings. The van der Waals surface area contributed by atoms with Gasteiger partial charge >= 0.3 is 0 Å². The van der Waals surface area contributed by atoms with Crippen molar-refractivity contribution in [1.29, 1.82) is 0 Å². The van der Waals surface area contributed by atoms with E-state index in [0.717, 1.165) is 19.1 Å². The highest BCUT2D eigenvalue weighted by molar-refractivity contribution is 7.99. The van der Waals surface area contributed by atoms with Gasteiger partial charge in [0.25, 0.3) is 0 Å². The maximum Gasteiger partial charge on any atom is 0.122 e. The van der Waals surface area contributed by atoms with Crippen LogP contribution in [0.4, 0.5) is 0 Å². The summed E-state index contributed by atoms with van der Waals surface area (Å²) in [5.41, 5.74) is 0. The topological polar surface area (TPSA) is 29.9 Å². The first-order valence-electron chi connectivity index (χ1n) is 5.71. The number of hydrogen-bond donors (Lipinski definition) is 1. The molecular formula is C11H19N3S. The summed E-state index contributed by atoms with van der Waals surface area (Å²) in [5.74, 6) is 3.56. The van der Waals surface area contributed by atoms with Gasteiger partial charge in [0, 0.05) is 30.7 Å². The molecule has 0 bridgehead atoms. The second kappa shape index (κ2) is 5.56.